The van der Waals surface area contributed by atoms with Crippen molar-refractivity contribution in [2.45, 2.75) is 25.0 Å². The summed E-state index contributed by atoms with van der Waals surface area (Å²) in [5.74, 6) is -1.08. The van der Waals surface area contributed by atoms with Crippen LogP contribution < -0.4 is 16.0 Å². The number of hydrogen-bond acceptors (Lipinski definition) is 10. The van der Waals surface area contributed by atoms with E-state index in [1.165, 1.54) is 22.9 Å². The van der Waals surface area contributed by atoms with Gasteiger partial charge in [-0.05, 0) is 35.9 Å². The summed E-state index contributed by atoms with van der Waals surface area (Å²) in [5, 5.41) is 7.80. The Morgan fingerprint density at radius 2 is 1.91 bits per heavy atom. The van der Waals surface area contributed by atoms with Crippen LogP contribution in [-0.2, 0) is 19.3 Å². The van der Waals surface area contributed by atoms with E-state index in [1.807, 2.05) is 13.0 Å². The number of piperidine rings is 1. The number of fused-ring (bicyclic) bond motifs is 1. The highest BCUT2D eigenvalue weighted by atomic mass is 32.2. The maximum absolute atomic E-state index is 15.1. The van der Waals surface area contributed by atoms with Gasteiger partial charge in [-0.2, -0.15) is 9.61 Å². The second kappa shape index (κ2) is 11.8. The van der Waals surface area contributed by atoms with Crippen LogP contribution in [0.15, 0.2) is 48.9 Å². The predicted octanol–water partition coefficient (Wildman–Crippen LogP) is 3.14. The van der Waals surface area contributed by atoms with E-state index in [1.54, 1.807) is 30.7 Å². The van der Waals surface area contributed by atoms with Gasteiger partial charge in [0.2, 0.25) is 5.95 Å². The Labute approximate surface area is 247 Å². The van der Waals surface area contributed by atoms with E-state index in [4.69, 9.17) is 15.2 Å². The Bertz CT molecular complexity index is 1710. The molecule has 3 N–H and O–H groups in total. The van der Waals surface area contributed by atoms with Crippen LogP contribution in [0.25, 0.3) is 16.8 Å². The van der Waals surface area contributed by atoms with Crippen molar-refractivity contribution in [3.8, 4) is 11.3 Å². The van der Waals surface area contributed by atoms with Crippen LogP contribution in [0.5, 0.6) is 0 Å². The van der Waals surface area contributed by atoms with E-state index in [0.717, 1.165) is 5.69 Å². The van der Waals surface area contributed by atoms with Gasteiger partial charge in [0, 0.05) is 43.4 Å². The monoisotopic (exact) mass is 613 g/mol. The molecule has 2 aliphatic heterocycles. The maximum Gasteiger partial charge on any atom is 0.229 e. The minimum absolute atomic E-state index is 0.0117. The molecule has 2 aliphatic rings. The number of nitrogens with zero attached hydrogens (tertiary/aromatic N) is 5. The van der Waals surface area contributed by atoms with Crippen LogP contribution in [0, 0.1) is 17.6 Å². The number of rotatable bonds is 9. The lowest BCUT2D eigenvalue weighted by Crippen LogP contribution is -2.57. The van der Waals surface area contributed by atoms with E-state index in [0.29, 0.717) is 49.0 Å². The molecule has 0 spiro atoms. The third kappa shape index (κ3) is 6.18. The van der Waals surface area contributed by atoms with Crippen molar-refractivity contribution in [2.75, 3.05) is 55.1 Å². The fourth-order valence-corrected chi connectivity index (χ4v) is 6.01. The molecule has 11 nitrogen and oxygen atoms in total. The summed E-state index contributed by atoms with van der Waals surface area (Å²) < 4.78 is 65.8. The molecular weight excluding hydrogens is 580 g/mol. The number of ether oxygens (including phenoxy) is 2. The van der Waals surface area contributed by atoms with Gasteiger partial charge in [-0.1, -0.05) is 6.92 Å². The smallest absolute Gasteiger partial charge is 0.229 e. The van der Waals surface area contributed by atoms with Crippen LogP contribution in [0.2, 0.25) is 0 Å². The zero-order chi connectivity index (χ0) is 30.3. The maximum atomic E-state index is 15.1. The van der Waals surface area contributed by atoms with Crippen LogP contribution in [0.3, 0.4) is 0 Å². The molecule has 3 aromatic heterocycles. The van der Waals surface area contributed by atoms with Crippen LogP contribution in [0.1, 0.15) is 18.4 Å². The van der Waals surface area contributed by atoms with Crippen molar-refractivity contribution in [2.24, 2.45) is 11.7 Å². The fourth-order valence-electron chi connectivity index (χ4n) is 5.61. The molecule has 3 unspecified atom stereocenters. The number of hydrogen-bond donors (Lipinski definition) is 2. The van der Waals surface area contributed by atoms with Crippen LogP contribution in [0.4, 0.5) is 26.1 Å². The number of nitrogens with two attached hydrogens (primary N) is 1. The number of imidazole rings is 1. The molecule has 43 heavy (non-hydrogen) atoms. The van der Waals surface area contributed by atoms with E-state index >= 15 is 8.78 Å². The number of aromatic nitrogens is 4. The predicted molar refractivity (Wildman–Crippen MR) is 158 cm³/mol. The second-order valence-corrected chi connectivity index (χ2v) is 13.5. The highest BCUT2D eigenvalue weighted by molar-refractivity contribution is 7.90. The number of anilines is 3. The Morgan fingerprint density at radius 1 is 1.14 bits per heavy atom. The minimum Gasteiger partial charge on any atom is -0.380 e. The Balaban J connectivity index is 1.23. The molecule has 0 radical (unpaired) electrons. The molecule has 6 rings (SSSR count). The van der Waals surface area contributed by atoms with Gasteiger partial charge in [0.1, 0.15) is 21.5 Å². The number of nitrogens with one attached hydrogen (secondary N) is 1. The van der Waals surface area contributed by atoms with Gasteiger partial charge in [0.15, 0.2) is 0 Å². The van der Waals surface area contributed by atoms with E-state index in [2.05, 4.69) is 25.3 Å². The van der Waals surface area contributed by atoms with Crippen molar-refractivity contribution in [1.29, 1.82) is 0 Å². The average molecular weight is 614 g/mol. The zero-order valence-electron chi connectivity index (χ0n) is 23.8. The summed E-state index contributed by atoms with van der Waals surface area (Å²) in [4.78, 5) is 10.8. The van der Waals surface area contributed by atoms with E-state index < -0.39 is 21.5 Å². The highest BCUT2D eigenvalue weighted by Crippen LogP contribution is 2.34. The van der Waals surface area contributed by atoms with Crippen molar-refractivity contribution in [3.63, 3.8) is 0 Å². The molecule has 5 heterocycles. The quantitative estimate of drug-likeness (QED) is 0.290. The highest BCUT2D eigenvalue weighted by Gasteiger charge is 2.34. The Hall–Kier alpha value is -3.72. The van der Waals surface area contributed by atoms with Gasteiger partial charge in [0.25, 0.3) is 0 Å². The van der Waals surface area contributed by atoms with Gasteiger partial charge < -0.3 is 25.4 Å². The summed E-state index contributed by atoms with van der Waals surface area (Å²) in [6.07, 6.45) is 5.84. The first-order chi connectivity index (χ1) is 20.6. The molecule has 0 aliphatic carbocycles. The van der Waals surface area contributed by atoms with Crippen molar-refractivity contribution >= 4 is 32.7 Å². The molecular formula is C29H33F2N7O4S. The molecule has 0 saturated carbocycles. The van der Waals surface area contributed by atoms with Gasteiger partial charge in [-0.25, -0.2) is 22.2 Å². The largest absolute Gasteiger partial charge is 0.380 e. The molecule has 2 fully saturated rings. The summed E-state index contributed by atoms with van der Waals surface area (Å²) in [6, 6.07) is 7.46. The van der Waals surface area contributed by atoms with Crippen LogP contribution >= 0.6 is 0 Å². The normalized spacial score (nSPS) is 21.2. The number of sulfone groups is 1. The topological polar surface area (TPSA) is 137 Å². The third-order valence-electron chi connectivity index (χ3n) is 7.89. The zero-order valence-corrected chi connectivity index (χ0v) is 24.6. The number of benzene rings is 1. The lowest BCUT2D eigenvalue weighted by molar-refractivity contribution is 0.00183. The Kier molecular flexibility index (Phi) is 8.02. The summed E-state index contributed by atoms with van der Waals surface area (Å²) >= 11 is 0. The van der Waals surface area contributed by atoms with Crippen molar-refractivity contribution < 1.29 is 26.7 Å². The molecule has 3 atom stereocenters. The van der Waals surface area contributed by atoms with E-state index in [-0.39, 0.29) is 47.6 Å². The first-order valence-electron chi connectivity index (χ1n) is 14.0. The number of halogens is 2. The van der Waals surface area contributed by atoms with Gasteiger partial charge in [0.05, 0.1) is 72.2 Å². The van der Waals surface area contributed by atoms with Gasteiger partial charge >= 0.3 is 0 Å². The molecule has 4 aromatic rings. The van der Waals surface area contributed by atoms with Gasteiger partial charge in [-0.15, -0.1) is 0 Å². The summed E-state index contributed by atoms with van der Waals surface area (Å²) in [6.45, 7) is 4.10. The first kappa shape index (κ1) is 29.4. The standard InChI is InChI=1S/C29H33F2N7O4S/c1-17-13-37(14-23(32)28(17)42-7-8-43(2,39)40)26-5-6-33-12-25(26)35-29-34-11-20-3-4-24(36-38(20)29)27-21(30)9-18(10-22(27)31)19-15-41-16-19/h3-6,9-12,17,19,23,28H,7-8,13-16,32H2,1-2H3,(H,34,35). The molecule has 2 saturated heterocycles. The third-order valence-corrected chi connectivity index (χ3v) is 8.79. The lowest BCUT2D eigenvalue weighted by atomic mass is 9.92. The molecule has 1 aromatic carbocycles. The average Bonchev–Trinajstić information content (AvgIpc) is 3.30. The summed E-state index contributed by atoms with van der Waals surface area (Å²) in [5.41, 5.74) is 9.08. The molecule has 14 heteroatoms. The van der Waals surface area contributed by atoms with E-state index in [9.17, 15) is 8.42 Å². The number of pyridine rings is 1. The molecule has 228 valence electrons. The lowest BCUT2D eigenvalue weighted by Gasteiger charge is -2.42. The second-order valence-electron chi connectivity index (χ2n) is 11.3. The van der Waals surface area contributed by atoms with Gasteiger partial charge in [-0.3, -0.25) is 4.98 Å². The Morgan fingerprint density at radius 3 is 2.58 bits per heavy atom. The minimum atomic E-state index is -3.13. The summed E-state index contributed by atoms with van der Waals surface area (Å²) in [7, 11) is -3.13. The fraction of sp³-hybridized carbons (Fsp3) is 0.414. The molecule has 0 amide bonds. The SMILES string of the molecule is CC1CN(c2ccncc2Nc2ncc3ccc(-c4c(F)cc(C5COC5)cc4F)nn23)CC(N)C1OCCS(C)(=O)=O. The van der Waals surface area contributed by atoms with Crippen molar-refractivity contribution in [3.05, 3.63) is 66.1 Å². The molecule has 0 bridgehead atoms. The van der Waals surface area contributed by atoms with Crippen molar-refractivity contribution in [1.82, 2.24) is 19.6 Å². The van der Waals surface area contributed by atoms with Crippen LogP contribution in [-0.4, -0.2) is 85.1 Å². The first-order valence-corrected chi connectivity index (χ1v) is 16.1.